The van der Waals surface area contributed by atoms with Crippen LogP contribution in [0.4, 0.5) is 0 Å². The molecule has 0 saturated carbocycles. The van der Waals surface area contributed by atoms with Crippen molar-refractivity contribution in [2.24, 2.45) is 0 Å². The zero-order valence-corrected chi connectivity index (χ0v) is 4.68. The Hall–Kier alpha value is -1.31. The van der Waals surface area contributed by atoms with Gasteiger partial charge in [0.2, 0.25) is 0 Å². The molecule has 1 aromatic heterocycles. The molecule has 1 N–H and O–H groups in total. The molecule has 0 unspecified atom stereocenters. The normalized spacial score (nSPS) is 11.8. The van der Waals surface area contributed by atoms with E-state index in [1.54, 1.807) is 6.07 Å². The second-order valence-electron chi connectivity index (χ2n) is 1.78. The van der Waals surface area contributed by atoms with Crippen LogP contribution in [0, 0.1) is 6.33 Å². The number of benzene rings is 1. The van der Waals surface area contributed by atoms with E-state index in [9.17, 15) is 0 Å². The van der Waals surface area contributed by atoms with Crippen molar-refractivity contribution in [2.45, 2.75) is 0 Å². The Labute approximate surface area is 53.9 Å². The highest BCUT2D eigenvalue weighted by Crippen LogP contribution is 2.04. The molecule has 0 fully saturated rings. The van der Waals surface area contributed by atoms with Crippen molar-refractivity contribution >= 4 is 11.0 Å². The predicted octanol–water partition coefficient (Wildman–Crippen LogP) is 1.36. The second kappa shape index (κ2) is 1.58. The van der Waals surface area contributed by atoms with Crippen LogP contribution in [-0.4, -0.2) is 9.97 Å². The number of imidazole rings is 1. The summed E-state index contributed by atoms with van der Waals surface area (Å²) in [6.45, 7) is 0. The molecule has 0 saturated heterocycles. The van der Waals surface area contributed by atoms with Crippen LogP contribution in [0.1, 0.15) is 1.37 Å². The van der Waals surface area contributed by atoms with Crippen LogP contribution in [0.5, 0.6) is 0 Å². The maximum Gasteiger partial charge on any atom is 0.174 e. The van der Waals surface area contributed by atoms with Gasteiger partial charge in [-0.05, 0) is 12.1 Å². The highest BCUT2D eigenvalue weighted by atomic mass is 14.9. The molecule has 2 heteroatoms. The maximum atomic E-state index is 7.38. The fourth-order valence-electron chi connectivity index (χ4n) is 0.766. The third-order valence-corrected chi connectivity index (χ3v) is 1.19. The quantitative estimate of drug-likeness (QED) is 0.556. The molecule has 0 aliphatic heterocycles. The third kappa shape index (κ3) is 0.598. The number of aromatic nitrogens is 2. The number of fused-ring (bicyclic) bond motifs is 1. The van der Waals surface area contributed by atoms with Gasteiger partial charge in [0, 0.05) is 0 Å². The van der Waals surface area contributed by atoms with Crippen LogP contribution in [0.3, 0.4) is 0 Å². The highest BCUT2D eigenvalue weighted by molar-refractivity contribution is 5.73. The summed E-state index contributed by atoms with van der Waals surface area (Å²) in [6, 6.07) is 5.83. The van der Waals surface area contributed by atoms with Crippen molar-refractivity contribution in [1.29, 1.82) is 0 Å². The van der Waals surface area contributed by atoms with Crippen LogP contribution < -0.4 is 0 Å². The van der Waals surface area contributed by atoms with E-state index < -0.39 is 0 Å². The molecular formula is C7H5N2. The molecule has 1 aromatic carbocycles. The lowest BCUT2D eigenvalue weighted by atomic mass is 10.3. The molecule has 43 valence electrons. The summed E-state index contributed by atoms with van der Waals surface area (Å²) in [6.07, 6.45) is 2.58. The van der Waals surface area contributed by atoms with Gasteiger partial charge in [0.05, 0.1) is 12.4 Å². The standard InChI is InChI=1S/C7H5N2/c1-2-4-7-6(3-1)8-5-9-7/h1-4H,(H,8,9)/i3D. The van der Waals surface area contributed by atoms with Crippen molar-refractivity contribution in [3.63, 3.8) is 0 Å². The first-order chi connectivity index (χ1) is 4.88. The van der Waals surface area contributed by atoms with Crippen LogP contribution in [0.2, 0.25) is 0 Å². The summed E-state index contributed by atoms with van der Waals surface area (Å²) >= 11 is 0. The maximum absolute atomic E-state index is 7.38. The van der Waals surface area contributed by atoms with Gasteiger partial charge in [-0.2, -0.15) is 0 Å². The van der Waals surface area contributed by atoms with E-state index in [4.69, 9.17) is 1.37 Å². The van der Waals surface area contributed by atoms with Gasteiger partial charge in [0.1, 0.15) is 0 Å². The molecule has 0 aliphatic carbocycles. The van der Waals surface area contributed by atoms with Gasteiger partial charge in [0.15, 0.2) is 6.33 Å². The summed E-state index contributed by atoms with van der Waals surface area (Å²) in [5.41, 5.74) is 1.55. The fourth-order valence-corrected chi connectivity index (χ4v) is 0.766. The molecule has 0 amide bonds. The summed E-state index contributed by atoms with van der Waals surface area (Å²) in [4.78, 5) is 6.65. The van der Waals surface area contributed by atoms with Crippen LogP contribution >= 0.6 is 0 Å². The number of para-hydroxylation sites is 2. The molecule has 0 spiro atoms. The Morgan fingerprint density at radius 2 is 2.67 bits per heavy atom. The number of H-pyrrole nitrogens is 1. The predicted molar refractivity (Wildman–Crippen MR) is 34.9 cm³/mol. The van der Waals surface area contributed by atoms with E-state index in [1.807, 2.05) is 12.1 Å². The SMILES string of the molecule is [2H]c1cccc2[nH][c]nc12. The number of hydrogen-bond acceptors (Lipinski definition) is 1. The van der Waals surface area contributed by atoms with E-state index in [-0.39, 0.29) is 0 Å². The zero-order valence-electron chi connectivity index (χ0n) is 5.68. The Bertz CT molecular complexity index is 353. The van der Waals surface area contributed by atoms with Crippen molar-refractivity contribution in [2.75, 3.05) is 0 Å². The van der Waals surface area contributed by atoms with Gasteiger partial charge in [0.25, 0.3) is 0 Å². The van der Waals surface area contributed by atoms with Crippen molar-refractivity contribution < 1.29 is 1.37 Å². The number of rotatable bonds is 0. The average molecular weight is 118 g/mol. The molecule has 9 heavy (non-hydrogen) atoms. The molecule has 1 radical (unpaired) electrons. The molecule has 0 aliphatic rings. The first-order valence-corrected chi connectivity index (χ1v) is 2.69. The Morgan fingerprint density at radius 1 is 1.67 bits per heavy atom. The lowest BCUT2D eigenvalue weighted by Crippen LogP contribution is -1.63. The molecular weight excluding hydrogens is 112 g/mol. The monoisotopic (exact) mass is 118 g/mol. The molecule has 2 rings (SSSR count). The first-order valence-electron chi connectivity index (χ1n) is 3.19. The first kappa shape index (κ1) is 3.67. The molecule has 2 nitrogen and oxygen atoms in total. The summed E-state index contributed by atoms with van der Waals surface area (Å²) in [5, 5.41) is 0. The van der Waals surface area contributed by atoms with E-state index in [1.165, 1.54) is 0 Å². The van der Waals surface area contributed by atoms with E-state index in [2.05, 4.69) is 16.3 Å². The second-order valence-corrected chi connectivity index (χ2v) is 1.78. The third-order valence-electron chi connectivity index (χ3n) is 1.19. The van der Waals surface area contributed by atoms with Crippen LogP contribution in [0.25, 0.3) is 11.0 Å². The lowest BCUT2D eigenvalue weighted by Gasteiger charge is -1.81. The van der Waals surface area contributed by atoms with E-state index in [0.717, 1.165) is 5.52 Å². The summed E-state index contributed by atoms with van der Waals surface area (Å²) < 4.78 is 7.38. The van der Waals surface area contributed by atoms with Gasteiger partial charge < -0.3 is 4.98 Å². The number of aromatic amines is 1. The highest BCUT2D eigenvalue weighted by Gasteiger charge is 1.89. The Kier molecular flexibility index (Phi) is 0.646. The minimum atomic E-state index is 0.440. The Balaban J connectivity index is 2.95. The molecule has 2 aromatic rings. The molecule has 0 bridgehead atoms. The number of nitrogens with zero attached hydrogens (tertiary/aromatic N) is 1. The molecule has 0 atom stereocenters. The van der Waals surface area contributed by atoms with Crippen LogP contribution in [0.15, 0.2) is 24.2 Å². The van der Waals surface area contributed by atoms with Gasteiger partial charge in [-0.3, -0.25) is 0 Å². The minimum absolute atomic E-state index is 0.440. The summed E-state index contributed by atoms with van der Waals surface area (Å²) in [5.74, 6) is 0. The zero-order chi connectivity index (χ0) is 6.97. The van der Waals surface area contributed by atoms with Crippen LogP contribution in [-0.2, 0) is 0 Å². The fraction of sp³-hybridized carbons (Fsp3) is 0. The van der Waals surface area contributed by atoms with Crippen molar-refractivity contribution in [1.82, 2.24) is 9.97 Å². The number of nitrogens with one attached hydrogen (secondary N) is 1. The van der Waals surface area contributed by atoms with Gasteiger partial charge in [-0.1, -0.05) is 12.1 Å². The lowest BCUT2D eigenvalue weighted by molar-refractivity contribution is 1.32. The number of hydrogen-bond donors (Lipinski definition) is 1. The average Bonchev–Trinajstić information content (AvgIpc) is 2.36. The van der Waals surface area contributed by atoms with E-state index >= 15 is 0 Å². The topological polar surface area (TPSA) is 28.7 Å². The van der Waals surface area contributed by atoms with E-state index in [0.29, 0.717) is 11.6 Å². The van der Waals surface area contributed by atoms with Gasteiger partial charge in [-0.15, -0.1) is 0 Å². The Morgan fingerprint density at radius 3 is 3.56 bits per heavy atom. The smallest absolute Gasteiger partial charge is 0.174 e. The summed E-state index contributed by atoms with van der Waals surface area (Å²) in [7, 11) is 0. The van der Waals surface area contributed by atoms with Crippen molar-refractivity contribution in [3.05, 3.63) is 30.6 Å². The minimum Gasteiger partial charge on any atom is -0.335 e. The van der Waals surface area contributed by atoms with Gasteiger partial charge in [-0.25, -0.2) is 4.98 Å². The van der Waals surface area contributed by atoms with Gasteiger partial charge >= 0.3 is 0 Å². The molecule has 1 heterocycles. The largest absolute Gasteiger partial charge is 0.335 e. The van der Waals surface area contributed by atoms with Crippen molar-refractivity contribution in [3.8, 4) is 0 Å².